The molecule has 0 radical (unpaired) electrons. The van der Waals surface area contributed by atoms with Crippen molar-refractivity contribution in [3.05, 3.63) is 83.7 Å². The monoisotopic (exact) mass is 471 g/mol. The predicted octanol–water partition coefficient (Wildman–Crippen LogP) is 3.88. The number of halogens is 1. The first-order valence-corrected chi connectivity index (χ1v) is 11.7. The van der Waals surface area contributed by atoms with Crippen molar-refractivity contribution >= 4 is 33.2 Å². The second kappa shape index (κ2) is 10.1. The third-order valence-corrected chi connectivity index (χ3v) is 4.90. The third kappa shape index (κ3) is 7.32. The molecule has 3 N–H and O–H groups in total. The molecule has 0 aromatic heterocycles. The second-order valence-corrected chi connectivity index (χ2v) is 8.95. The predicted molar refractivity (Wildman–Crippen MR) is 123 cm³/mol. The Morgan fingerprint density at radius 1 is 0.939 bits per heavy atom. The molecule has 3 aromatic rings. The first-order chi connectivity index (χ1) is 15.6. The Bertz CT molecular complexity index is 1260. The number of hydrogen-bond acceptors (Lipinski definition) is 5. The highest BCUT2D eigenvalue weighted by Gasteiger charge is 2.15. The molecule has 0 spiro atoms. The summed E-state index contributed by atoms with van der Waals surface area (Å²) in [5.74, 6) is -0.180. The molecule has 10 heteroatoms. The van der Waals surface area contributed by atoms with Gasteiger partial charge in [0, 0.05) is 19.2 Å². The van der Waals surface area contributed by atoms with Crippen molar-refractivity contribution in [2.75, 3.05) is 16.3 Å². The fourth-order valence-electron chi connectivity index (χ4n) is 2.89. The summed E-state index contributed by atoms with van der Waals surface area (Å²) in [4.78, 5) is 24.1. The molecule has 0 aliphatic heterocycles. The molecule has 8 nitrogen and oxygen atoms in total. The standard InChI is InChI=1S/C23H22FN3O5S/c1-15(28)26-18-7-12-22(27-33(2,30)31)21(13-18)23(29)25-14-16-3-8-19(9-4-16)32-20-10-5-17(24)6-11-20/h3-13,27H,14H2,1-2H3,(H,25,29)(H,26,28). The zero-order valence-corrected chi connectivity index (χ0v) is 18.7. The zero-order valence-electron chi connectivity index (χ0n) is 17.9. The van der Waals surface area contributed by atoms with Crippen LogP contribution < -0.4 is 20.1 Å². The Hall–Kier alpha value is -3.92. The maximum absolute atomic E-state index is 13.0. The van der Waals surface area contributed by atoms with Crippen LogP contribution in [0.15, 0.2) is 66.7 Å². The molecule has 0 saturated heterocycles. The van der Waals surface area contributed by atoms with E-state index in [1.807, 2.05) is 0 Å². The summed E-state index contributed by atoms with van der Waals surface area (Å²) >= 11 is 0. The summed E-state index contributed by atoms with van der Waals surface area (Å²) in [6.45, 7) is 1.49. The fourth-order valence-corrected chi connectivity index (χ4v) is 3.47. The Kier molecular flexibility index (Phi) is 7.29. The largest absolute Gasteiger partial charge is 0.457 e. The quantitative estimate of drug-likeness (QED) is 0.461. The van der Waals surface area contributed by atoms with Gasteiger partial charge in [-0.2, -0.15) is 0 Å². The molecule has 3 rings (SSSR count). The van der Waals surface area contributed by atoms with E-state index in [1.54, 1.807) is 24.3 Å². The number of anilines is 2. The normalized spacial score (nSPS) is 10.9. The molecular weight excluding hydrogens is 449 g/mol. The van der Waals surface area contributed by atoms with E-state index in [-0.39, 0.29) is 29.5 Å². The van der Waals surface area contributed by atoms with E-state index in [9.17, 15) is 22.4 Å². The van der Waals surface area contributed by atoms with E-state index in [4.69, 9.17) is 4.74 Å². The highest BCUT2D eigenvalue weighted by atomic mass is 32.2. The van der Waals surface area contributed by atoms with Crippen LogP contribution in [-0.2, 0) is 21.4 Å². The Labute approximate surface area is 190 Å². The van der Waals surface area contributed by atoms with Gasteiger partial charge in [-0.1, -0.05) is 12.1 Å². The third-order valence-electron chi connectivity index (χ3n) is 4.31. The van der Waals surface area contributed by atoms with Crippen molar-refractivity contribution in [2.24, 2.45) is 0 Å². The number of hydrogen-bond donors (Lipinski definition) is 3. The van der Waals surface area contributed by atoms with Crippen molar-refractivity contribution in [2.45, 2.75) is 13.5 Å². The molecule has 0 saturated carbocycles. The van der Waals surface area contributed by atoms with Crippen LogP contribution in [0.2, 0.25) is 0 Å². The molecule has 0 fully saturated rings. The molecule has 0 atom stereocenters. The van der Waals surface area contributed by atoms with E-state index in [1.165, 1.54) is 49.4 Å². The number of rotatable bonds is 8. The maximum atomic E-state index is 13.0. The smallest absolute Gasteiger partial charge is 0.253 e. The van der Waals surface area contributed by atoms with Gasteiger partial charge in [0.15, 0.2) is 0 Å². The van der Waals surface area contributed by atoms with Crippen LogP contribution in [0.4, 0.5) is 15.8 Å². The second-order valence-electron chi connectivity index (χ2n) is 7.20. The van der Waals surface area contributed by atoms with E-state index in [0.717, 1.165) is 11.8 Å². The van der Waals surface area contributed by atoms with Crippen molar-refractivity contribution in [3.8, 4) is 11.5 Å². The van der Waals surface area contributed by atoms with Crippen LogP contribution in [0.5, 0.6) is 11.5 Å². The van der Waals surface area contributed by atoms with E-state index < -0.39 is 15.9 Å². The number of ether oxygens (including phenoxy) is 1. The lowest BCUT2D eigenvalue weighted by Gasteiger charge is -2.13. The SMILES string of the molecule is CC(=O)Nc1ccc(NS(C)(=O)=O)c(C(=O)NCc2ccc(Oc3ccc(F)cc3)cc2)c1. The first-order valence-electron chi connectivity index (χ1n) is 9.79. The maximum Gasteiger partial charge on any atom is 0.253 e. The summed E-state index contributed by atoms with van der Waals surface area (Å²) in [7, 11) is -3.62. The highest BCUT2D eigenvalue weighted by Crippen LogP contribution is 2.23. The van der Waals surface area contributed by atoms with Gasteiger partial charge in [-0.15, -0.1) is 0 Å². The lowest BCUT2D eigenvalue weighted by Crippen LogP contribution is -2.25. The van der Waals surface area contributed by atoms with Crippen LogP contribution in [0.25, 0.3) is 0 Å². The molecule has 0 aliphatic rings. The number of carbonyl (C=O) groups is 2. The number of sulfonamides is 1. The van der Waals surface area contributed by atoms with E-state index in [2.05, 4.69) is 15.4 Å². The number of benzene rings is 3. The minimum Gasteiger partial charge on any atom is -0.457 e. The van der Waals surface area contributed by atoms with Crippen molar-refractivity contribution in [1.82, 2.24) is 5.32 Å². The first kappa shape index (κ1) is 23.7. The fraction of sp³-hybridized carbons (Fsp3) is 0.130. The average molecular weight is 472 g/mol. The molecule has 0 unspecified atom stereocenters. The summed E-state index contributed by atoms with van der Waals surface area (Å²) in [6.07, 6.45) is 0.978. The topological polar surface area (TPSA) is 114 Å². The highest BCUT2D eigenvalue weighted by molar-refractivity contribution is 7.92. The van der Waals surface area contributed by atoms with Crippen molar-refractivity contribution in [3.63, 3.8) is 0 Å². The molecule has 172 valence electrons. The molecule has 0 aliphatic carbocycles. The van der Waals surface area contributed by atoms with Gasteiger partial charge in [0.05, 0.1) is 17.5 Å². The molecule has 3 aromatic carbocycles. The lowest BCUT2D eigenvalue weighted by molar-refractivity contribution is -0.114. The van der Waals surface area contributed by atoms with Gasteiger partial charge in [-0.3, -0.25) is 14.3 Å². The Morgan fingerprint density at radius 3 is 2.12 bits per heavy atom. The minimum absolute atomic E-state index is 0.0583. The Morgan fingerprint density at radius 2 is 1.55 bits per heavy atom. The summed E-state index contributed by atoms with van der Waals surface area (Å²) in [5.41, 5.74) is 1.27. The van der Waals surface area contributed by atoms with Crippen LogP contribution in [0.1, 0.15) is 22.8 Å². The van der Waals surface area contributed by atoms with Crippen LogP contribution in [0.3, 0.4) is 0 Å². The van der Waals surface area contributed by atoms with E-state index >= 15 is 0 Å². The van der Waals surface area contributed by atoms with Crippen LogP contribution >= 0.6 is 0 Å². The Balaban J connectivity index is 1.70. The minimum atomic E-state index is -3.62. The van der Waals surface area contributed by atoms with Crippen molar-refractivity contribution < 1.29 is 27.1 Å². The van der Waals surface area contributed by atoms with Gasteiger partial charge in [0.2, 0.25) is 15.9 Å². The van der Waals surface area contributed by atoms with Gasteiger partial charge in [-0.05, 0) is 60.2 Å². The average Bonchev–Trinajstić information content (AvgIpc) is 2.74. The molecule has 33 heavy (non-hydrogen) atoms. The number of amides is 2. The van der Waals surface area contributed by atoms with Gasteiger partial charge < -0.3 is 15.4 Å². The summed E-state index contributed by atoms with van der Waals surface area (Å²) in [6, 6.07) is 16.8. The number of carbonyl (C=O) groups excluding carboxylic acids is 2. The summed E-state index contributed by atoms with van der Waals surface area (Å²) in [5, 5.41) is 5.29. The molecular formula is C23H22FN3O5S. The van der Waals surface area contributed by atoms with Gasteiger partial charge in [-0.25, -0.2) is 12.8 Å². The van der Waals surface area contributed by atoms with E-state index in [0.29, 0.717) is 17.2 Å². The van der Waals surface area contributed by atoms with Gasteiger partial charge in [0.1, 0.15) is 17.3 Å². The van der Waals surface area contributed by atoms with Gasteiger partial charge >= 0.3 is 0 Å². The van der Waals surface area contributed by atoms with Crippen LogP contribution in [-0.4, -0.2) is 26.5 Å². The molecule has 2 amide bonds. The van der Waals surface area contributed by atoms with Crippen LogP contribution in [0, 0.1) is 5.82 Å². The summed E-state index contributed by atoms with van der Waals surface area (Å²) < 4.78 is 44.2. The lowest BCUT2D eigenvalue weighted by atomic mass is 10.1. The van der Waals surface area contributed by atoms with Crippen molar-refractivity contribution in [1.29, 1.82) is 0 Å². The van der Waals surface area contributed by atoms with Gasteiger partial charge in [0.25, 0.3) is 5.91 Å². The zero-order chi connectivity index (χ0) is 24.0. The number of nitrogens with one attached hydrogen (secondary N) is 3. The molecule has 0 bridgehead atoms. The molecule has 0 heterocycles.